The topological polar surface area (TPSA) is 59.0 Å². The van der Waals surface area contributed by atoms with Gasteiger partial charge >= 0.3 is 0 Å². The molecule has 1 unspecified atom stereocenters. The fraction of sp³-hybridized carbons (Fsp3) is 0.350. The van der Waals surface area contributed by atoms with Crippen LogP contribution in [0.1, 0.15) is 34.3 Å². The van der Waals surface area contributed by atoms with E-state index < -0.39 is 29.6 Å². The first kappa shape index (κ1) is 18.0. The van der Waals surface area contributed by atoms with Crippen LogP contribution < -0.4 is 0 Å². The van der Waals surface area contributed by atoms with Crippen LogP contribution in [0.25, 0.3) is 0 Å². The van der Waals surface area contributed by atoms with Crippen molar-refractivity contribution in [3.05, 3.63) is 70.8 Å². The quantitative estimate of drug-likeness (QED) is 0.873. The van der Waals surface area contributed by atoms with E-state index in [0.29, 0.717) is 25.2 Å². The van der Waals surface area contributed by atoms with Gasteiger partial charge in [0.2, 0.25) is 0 Å². The molecule has 0 radical (unpaired) electrons. The van der Waals surface area contributed by atoms with Gasteiger partial charge in [0.25, 0.3) is 5.91 Å². The molecule has 4 rings (SSSR count). The van der Waals surface area contributed by atoms with Gasteiger partial charge < -0.3 is 19.5 Å². The van der Waals surface area contributed by atoms with Gasteiger partial charge in [-0.05, 0) is 23.8 Å². The van der Waals surface area contributed by atoms with Crippen molar-refractivity contribution in [1.29, 1.82) is 0 Å². The normalized spacial score (nSPS) is 22.5. The molecule has 27 heavy (non-hydrogen) atoms. The molecule has 0 aliphatic carbocycles. The van der Waals surface area contributed by atoms with E-state index >= 15 is 0 Å². The van der Waals surface area contributed by atoms with Crippen molar-refractivity contribution in [1.82, 2.24) is 4.90 Å². The Morgan fingerprint density at radius 1 is 1.11 bits per heavy atom. The van der Waals surface area contributed by atoms with Gasteiger partial charge in [0.1, 0.15) is 11.6 Å². The van der Waals surface area contributed by atoms with E-state index in [0.717, 1.165) is 0 Å². The van der Waals surface area contributed by atoms with Crippen LogP contribution in [0.3, 0.4) is 0 Å². The molecule has 0 bridgehead atoms. The van der Waals surface area contributed by atoms with E-state index in [-0.39, 0.29) is 24.1 Å². The van der Waals surface area contributed by atoms with Crippen molar-refractivity contribution < 1.29 is 28.2 Å². The number of halogens is 2. The molecule has 2 heterocycles. The zero-order chi connectivity index (χ0) is 19.0. The van der Waals surface area contributed by atoms with Crippen LogP contribution in [-0.4, -0.2) is 35.4 Å². The molecule has 1 fully saturated rings. The summed E-state index contributed by atoms with van der Waals surface area (Å²) in [5.74, 6) is -1.67. The molecule has 0 spiro atoms. The maximum Gasteiger partial charge on any atom is 0.260 e. The molecule has 1 saturated heterocycles. The van der Waals surface area contributed by atoms with Crippen molar-refractivity contribution in [2.24, 2.45) is 0 Å². The third-order valence-electron chi connectivity index (χ3n) is 5.02. The summed E-state index contributed by atoms with van der Waals surface area (Å²) < 4.78 is 38.3. The molecule has 0 saturated carbocycles. The van der Waals surface area contributed by atoms with Crippen molar-refractivity contribution in [2.45, 2.75) is 31.4 Å². The molecule has 0 aromatic heterocycles. The fourth-order valence-corrected chi connectivity index (χ4v) is 3.66. The summed E-state index contributed by atoms with van der Waals surface area (Å²) in [6.45, 7) is 0.981. The Hall–Kier alpha value is -2.35. The Bertz CT molecular complexity index is 852. The smallest absolute Gasteiger partial charge is 0.260 e. The summed E-state index contributed by atoms with van der Waals surface area (Å²) in [6.07, 6.45) is 0.00941. The molecule has 1 amide bonds. The minimum absolute atomic E-state index is 0.0239. The number of benzene rings is 2. The lowest BCUT2D eigenvalue weighted by Crippen LogP contribution is -2.43. The highest BCUT2D eigenvalue weighted by atomic mass is 19.1. The molecule has 5 nitrogen and oxygen atoms in total. The lowest BCUT2D eigenvalue weighted by Gasteiger charge is -2.35. The predicted molar refractivity (Wildman–Crippen MR) is 91.5 cm³/mol. The van der Waals surface area contributed by atoms with Crippen LogP contribution in [0, 0.1) is 11.6 Å². The van der Waals surface area contributed by atoms with Crippen LogP contribution in [-0.2, 0) is 21.7 Å². The predicted octanol–water partition coefficient (Wildman–Crippen LogP) is 2.92. The number of rotatable bonds is 5. The van der Waals surface area contributed by atoms with Crippen molar-refractivity contribution in [2.75, 3.05) is 13.2 Å². The SMILES string of the molecule is O=C1c2c(F)cccc2C(O)(CCC2OCCO2)N1Cc1ccc(F)cc1. The lowest BCUT2D eigenvalue weighted by atomic mass is 9.96. The standard InChI is InChI=1S/C20H19F2NO4/c21-14-6-4-13(5-7-14)12-23-19(24)18-15(2-1-3-16(18)22)20(23,25)9-8-17-26-10-11-27-17/h1-7,17,25H,8-12H2. The first-order valence-corrected chi connectivity index (χ1v) is 8.80. The molecule has 142 valence electrons. The number of carbonyl (C=O) groups excluding carboxylic acids is 1. The van der Waals surface area contributed by atoms with Crippen molar-refractivity contribution in [3.63, 3.8) is 0 Å². The van der Waals surface area contributed by atoms with E-state index in [2.05, 4.69) is 0 Å². The van der Waals surface area contributed by atoms with Gasteiger partial charge in [0, 0.05) is 24.9 Å². The van der Waals surface area contributed by atoms with E-state index in [1.807, 2.05) is 0 Å². The monoisotopic (exact) mass is 375 g/mol. The second kappa shape index (κ2) is 6.99. The second-order valence-electron chi connectivity index (χ2n) is 6.71. The number of carbonyl (C=O) groups is 1. The zero-order valence-electron chi connectivity index (χ0n) is 14.5. The number of ether oxygens (including phenoxy) is 2. The molecule has 2 aliphatic rings. The molecular weight excluding hydrogens is 356 g/mol. The van der Waals surface area contributed by atoms with Crippen LogP contribution in [0.5, 0.6) is 0 Å². The van der Waals surface area contributed by atoms with Gasteiger partial charge in [-0.2, -0.15) is 0 Å². The van der Waals surface area contributed by atoms with Gasteiger partial charge in [-0.25, -0.2) is 8.78 Å². The van der Waals surface area contributed by atoms with Crippen LogP contribution >= 0.6 is 0 Å². The van der Waals surface area contributed by atoms with Gasteiger partial charge in [-0.1, -0.05) is 24.3 Å². The summed E-state index contributed by atoms with van der Waals surface area (Å²) in [5, 5.41) is 11.4. The summed E-state index contributed by atoms with van der Waals surface area (Å²) >= 11 is 0. The maximum absolute atomic E-state index is 14.3. The maximum atomic E-state index is 14.3. The summed E-state index contributed by atoms with van der Waals surface area (Å²) in [4.78, 5) is 14.1. The average Bonchev–Trinajstić information content (AvgIpc) is 3.25. The molecule has 1 atom stereocenters. The molecule has 1 N–H and O–H groups in total. The van der Waals surface area contributed by atoms with Gasteiger partial charge in [0.05, 0.1) is 18.8 Å². The van der Waals surface area contributed by atoms with Gasteiger partial charge in [-0.3, -0.25) is 4.79 Å². The molecule has 2 aromatic carbocycles. The highest BCUT2D eigenvalue weighted by Crippen LogP contribution is 2.43. The summed E-state index contributed by atoms with van der Waals surface area (Å²) in [5.41, 5.74) is -0.967. The largest absolute Gasteiger partial charge is 0.367 e. The molecule has 2 aliphatic heterocycles. The van der Waals surface area contributed by atoms with Gasteiger partial charge in [-0.15, -0.1) is 0 Å². The Labute approximate surface area is 155 Å². The van der Waals surface area contributed by atoms with E-state index in [1.54, 1.807) is 6.07 Å². The average molecular weight is 375 g/mol. The number of hydrogen-bond acceptors (Lipinski definition) is 4. The number of amides is 1. The van der Waals surface area contributed by atoms with Crippen molar-refractivity contribution in [3.8, 4) is 0 Å². The Kier molecular flexibility index (Phi) is 4.67. The number of nitrogens with zero attached hydrogens (tertiary/aromatic N) is 1. The second-order valence-corrected chi connectivity index (χ2v) is 6.71. The first-order valence-electron chi connectivity index (χ1n) is 8.80. The minimum Gasteiger partial charge on any atom is -0.367 e. The fourth-order valence-electron chi connectivity index (χ4n) is 3.66. The number of aliphatic hydroxyl groups is 1. The summed E-state index contributed by atoms with van der Waals surface area (Å²) in [6, 6.07) is 9.85. The molecule has 7 heteroatoms. The first-order chi connectivity index (χ1) is 13.0. The minimum atomic E-state index is -1.70. The van der Waals surface area contributed by atoms with Crippen LogP contribution in [0.15, 0.2) is 42.5 Å². The van der Waals surface area contributed by atoms with E-state index in [1.165, 1.54) is 41.3 Å². The Morgan fingerprint density at radius 3 is 2.52 bits per heavy atom. The summed E-state index contributed by atoms with van der Waals surface area (Å²) in [7, 11) is 0. The highest BCUT2D eigenvalue weighted by Gasteiger charge is 2.49. The molecule has 2 aromatic rings. The highest BCUT2D eigenvalue weighted by molar-refractivity contribution is 5.99. The molecular formula is C20H19F2NO4. The van der Waals surface area contributed by atoms with E-state index in [9.17, 15) is 18.7 Å². The number of fused-ring (bicyclic) bond motifs is 1. The van der Waals surface area contributed by atoms with Crippen LogP contribution in [0.4, 0.5) is 8.78 Å². The van der Waals surface area contributed by atoms with E-state index in [4.69, 9.17) is 9.47 Å². The van der Waals surface area contributed by atoms with Crippen LogP contribution in [0.2, 0.25) is 0 Å². The third kappa shape index (κ3) is 3.22. The lowest BCUT2D eigenvalue weighted by molar-refractivity contribution is -0.119. The third-order valence-corrected chi connectivity index (χ3v) is 5.02. The zero-order valence-corrected chi connectivity index (χ0v) is 14.5. The van der Waals surface area contributed by atoms with Crippen molar-refractivity contribution >= 4 is 5.91 Å². The Morgan fingerprint density at radius 2 is 1.81 bits per heavy atom. The Balaban J connectivity index is 1.67. The van der Waals surface area contributed by atoms with Gasteiger partial charge in [0.15, 0.2) is 12.0 Å². The number of hydrogen-bond donors (Lipinski definition) is 1.